The first-order chi connectivity index (χ1) is 9.51. The molecule has 0 radical (unpaired) electrons. The van der Waals surface area contributed by atoms with Gasteiger partial charge < -0.3 is 15.8 Å². The second kappa shape index (κ2) is 7.61. The summed E-state index contributed by atoms with van der Waals surface area (Å²) >= 11 is 0. The number of rotatable bonds is 8. The van der Waals surface area contributed by atoms with Gasteiger partial charge >= 0.3 is 0 Å². The summed E-state index contributed by atoms with van der Waals surface area (Å²) in [5.74, 6) is 5.91. The van der Waals surface area contributed by atoms with Crippen molar-refractivity contribution in [3.05, 3.63) is 22.2 Å². The molecular weight excluding hydrogens is 262 g/mol. The van der Waals surface area contributed by atoms with Crippen molar-refractivity contribution in [2.45, 2.75) is 32.8 Å². The van der Waals surface area contributed by atoms with Crippen molar-refractivity contribution in [1.29, 1.82) is 0 Å². The van der Waals surface area contributed by atoms with Gasteiger partial charge in [-0.3, -0.25) is 10.1 Å². The lowest BCUT2D eigenvalue weighted by atomic mass is 9.96. The number of hydrogen-bond acceptors (Lipinski definition) is 7. The Morgan fingerprint density at radius 3 is 2.50 bits per heavy atom. The highest BCUT2D eigenvalue weighted by molar-refractivity contribution is 5.54. The van der Waals surface area contributed by atoms with Crippen LogP contribution in [0, 0.1) is 16.0 Å². The van der Waals surface area contributed by atoms with Gasteiger partial charge in [-0.2, -0.15) is 0 Å². The number of nitrogens with one attached hydrogen (secondary N) is 2. The van der Waals surface area contributed by atoms with Gasteiger partial charge in [0.2, 0.25) is 0 Å². The van der Waals surface area contributed by atoms with E-state index in [2.05, 4.69) is 15.7 Å². The normalized spacial score (nSPS) is 12.2. The van der Waals surface area contributed by atoms with Crippen molar-refractivity contribution < 1.29 is 10.0 Å². The predicted octanol–water partition coefficient (Wildman–Crippen LogP) is 1.48. The maximum Gasteiger partial charge on any atom is 0.276 e. The molecule has 0 spiro atoms. The summed E-state index contributed by atoms with van der Waals surface area (Å²) in [7, 11) is 0. The van der Waals surface area contributed by atoms with Gasteiger partial charge in [-0.25, -0.2) is 10.8 Å². The zero-order valence-electron chi connectivity index (χ0n) is 11.7. The van der Waals surface area contributed by atoms with Gasteiger partial charge in [-0.05, 0) is 5.92 Å². The molecule has 112 valence electrons. The minimum Gasteiger partial charge on any atom is -0.391 e. The topological polar surface area (TPSA) is 126 Å². The number of aliphatic hydroxyl groups is 1. The number of nitro groups is 1. The number of aromatic nitrogens is 1. The molecule has 1 unspecified atom stereocenters. The van der Waals surface area contributed by atoms with E-state index in [1.807, 2.05) is 13.8 Å². The number of nitrogen functional groups attached to an aromatic ring is 1. The Balaban J connectivity index is 2.76. The Bertz CT molecular complexity index is 451. The third-order valence-electron chi connectivity index (χ3n) is 3.25. The summed E-state index contributed by atoms with van der Waals surface area (Å²) in [5, 5.41) is 23.7. The van der Waals surface area contributed by atoms with Gasteiger partial charge in [0.15, 0.2) is 0 Å². The van der Waals surface area contributed by atoms with Gasteiger partial charge in [-0.15, -0.1) is 0 Å². The van der Waals surface area contributed by atoms with E-state index >= 15 is 0 Å². The van der Waals surface area contributed by atoms with Crippen LogP contribution in [-0.4, -0.2) is 27.7 Å². The molecule has 0 aliphatic heterocycles. The molecule has 0 saturated carbocycles. The molecule has 1 aromatic rings. The van der Waals surface area contributed by atoms with E-state index in [-0.39, 0.29) is 24.0 Å². The van der Waals surface area contributed by atoms with Crippen LogP contribution < -0.4 is 16.6 Å². The first-order valence-electron chi connectivity index (χ1n) is 6.56. The van der Waals surface area contributed by atoms with Crippen molar-refractivity contribution in [1.82, 2.24) is 4.98 Å². The van der Waals surface area contributed by atoms with E-state index in [1.54, 1.807) is 0 Å². The van der Waals surface area contributed by atoms with E-state index in [9.17, 15) is 15.2 Å². The number of pyridine rings is 1. The Morgan fingerprint density at radius 2 is 2.00 bits per heavy atom. The summed E-state index contributed by atoms with van der Waals surface area (Å²) in [6.07, 6.45) is 1.22. The lowest BCUT2D eigenvalue weighted by molar-refractivity contribution is -0.384. The molecule has 1 aromatic heterocycles. The summed E-state index contributed by atoms with van der Waals surface area (Å²) < 4.78 is 0. The van der Waals surface area contributed by atoms with Crippen LogP contribution in [0.15, 0.2) is 12.1 Å². The van der Waals surface area contributed by atoms with Crippen LogP contribution in [0.2, 0.25) is 0 Å². The van der Waals surface area contributed by atoms with Crippen molar-refractivity contribution in [3.8, 4) is 0 Å². The Morgan fingerprint density at radius 1 is 1.40 bits per heavy atom. The van der Waals surface area contributed by atoms with Crippen molar-refractivity contribution in [2.24, 2.45) is 11.8 Å². The second-order valence-corrected chi connectivity index (χ2v) is 4.52. The molecule has 1 heterocycles. The molecule has 0 aliphatic rings. The second-order valence-electron chi connectivity index (χ2n) is 4.52. The fraction of sp³-hybridized carbons (Fsp3) is 0.583. The van der Waals surface area contributed by atoms with Gasteiger partial charge in [-0.1, -0.05) is 26.7 Å². The predicted molar refractivity (Wildman–Crippen MR) is 77.3 cm³/mol. The quantitative estimate of drug-likeness (QED) is 0.323. The minimum absolute atomic E-state index is 0.118. The zero-order valence-corrected chi connectivity index (χ0v) is 11.7. The minimum atomic E-state index is -0.527. The lowest BCUT2D eigenvalue weighted by Crippen LogP contribution is -2.28. The summed E-state index contributed by atoms with van der Waals surface area (Å²) in [4.78, 5) is 14.3. The summed E-state index contributed by atoms with van der Waals surface area (Å²) in [5.41, 5.74) is 2.16. The molecule has 0 fully saturated rings. The standard InChI is InChI=1S/C12H21N5O3/c1-3-8(4-2)10(18)7-14-11-5-9(17(19)20)6-12(15-11)16-13/h5-6,8,10,18H,3-4,7,13H2,1-2H3,(H2,14,15,16). The molecule has 1 atom stereocenters. The average molecular weight is 283 g/mol. The van der Waals surface area contributed by atoms with Gasteiger partial charge in [0, 0.05) is 6.54 Å². The molecule has 20 heavy (non-hydrogen) atoms. The molecule has 0 amide bonds. The van der Waals surface area contributed by atoms with Crippen LogP contribution in [0.3, 0.4) is 0 Å². The van der Waals surface area contributed by atoms with Crippen LogP contribution in [0.5, 0.6) is 0 Å². The van der Waals surface area contributed by atoms with E-state index in [1.165, 1.54) is 12.1 Å². The highest BCUT2D eigenvalue weighted by Crippen LogP contribution is 2.20. The fourth-order valence-electron chi connectivity index (χ4n) is 1.99. The SMILES string of the molecule is CCC(CC)C(O)CNc1cc([N+](=O)[O-])cc(NN)n1. The van der Waals surface area contributed by atoms with E-state index in [4.69, 9.17) is 5.84 Å². The average Bonchev–Trinajstić information content (AvgIpc) is 2.45. The van der Waals surface area contributed by atoms with Gasteiger partial charge in [0.05, 0.1) is 23.2 Å². The molecule has 1 rings (SSSR count). The molecule has 0 bridgehead atoms. The van der Waals surface area contributed by atoms with Crippen LogP contribution >= 0.6 is 0 Å². The first-order valence-corrected chi connectivity index (χ1v) is 6.56. The third kappa shape index (κ3) is 4.32. The first kappa shape index (κ1) is 16.1. The number of nitrogens with zero attached hydrogens (tertiary/aromatic N) is 2. The number of nitrogens with two attached hydrogens (primary N) is 1. The van der Waals surface area contributed by atoms with Crippen molar-refractivity contribution >= 4 is 17.3 Å². The van der Waals surface area contributed by atoms with Crippen LogP contribution in [0.1, 0.15) is 26.7 Å². The molecule has 8 nitrogen and oxygen atoms in total. The zero-order chi connectivity index (χ0) is 15.1. The van der Waals surface area contributed by atoms with Crippen molar-refractivity contribution in [3.63, 3.8) is 0 Å². The Labute approximate surface area is 117 Å². The number of hydrogen-bond donors (Lipinski definition) is 4. The highest BCUT2D eigenvalue weighted by Gasteiger charge is 2.16. The summed E-state index contributed by atoms with van der Waals surface area (Å²) in [6.45, 7) is 4.31. The van der Waals surface area contributed by atoms with Gasteiger partial charge in [0.1, 0.15) is 11.6 Å². The number of hydrazine groups is 1. The fourth-order valence-corrected chi connectivity index (χ4v) is 1.99. The molecule has 8 heteroatoms. The van der Waals surface area contributed by atoms with E-state index < -0.39 is 11.0 Å². The van der Waals surface area contributed by atoms with Crippen LogP contribution in [0.25, 0.3) is 0 Å². The largest absolute Gasteiger partial charge is 0.391 e. The maximum atomic E-state index is 10.8. The number of aliphatic hydroxyl groups excluding tert-OH is 1. The number of anilines is 2. The van der Waals surface area contributed by atoms with E-state index in [0.29, 0.717) is 5.82 Å². The van der Waals surface area contributed by atoms with Crippen molar-refractivity contribution in [2.75, 3.05) is 17.3 Å². The Hall–Kier alpha value is -1.93. The molecule has 5 N–H and O–H groups in total. The summed E-state index contributed by atoms with van der Waals surface area (Å²) in [6, 6.07) is 2.54. The van der Waals surface area contributed by atoms with Crippen LogP contribution in [0.4, 0.5) is 17.3 Å². The lowest BCUT2D eigenvalue weighted by Gasteiger charge is -2.20. The molecule has 0 saturated heterocycles. The van der Waals surface area contributed by atoms with E-state index in [0.717, 1.165) is 12.8 Å². The monoisotopic (exact) mass is 283 g/mol. The third-order valence-corrected chi connectivity index (χ3v) is 3.25. The highest BCUT2D eigenvalue weighted by atomic mass is 16.6. The maximum absolute atomic E-state index is 10.8. The molecule has 0 aliphatic carbocycles. The van der Waals surface area contributed by atoms with Gasteiger partial charge in [0.25, 0.3) is 5.69 Å². The molecule has 0 aromatic carbocycles. The molecular formula is C12H21N5O3. The van der Waals surface area contributed by atoms with Crippen LogP contribution in [-0.2, 0) is 0 Å². The Kier molecular flexibility index (Phi) is 6.13. The smallest absolute Gasteiger partial charge is 0.276 e.